The van der Waals surface area contributed by atoms with Gasteiger partial charge in [0.2, 0.25) is 0 Å². The zero-order valence-electron chi connectivity index (χ0n) is 12.6. The minimum atomic E-state index is 0. The molecule has 0 bridgehead atoms. The molecule has 1 aromatic heterocycles. The molecule has 7 heteroatoms. The molecule has 3 rings (SSSR count). The van der Waals surface area contributed by atoms with Crippen molar-refractivity contribution >= 4 is 29.9 Å². The number of rotatable bonds is 4. The number of aromatic nitrogens is 3. The summed E-state index contributed by atoms with van der Waals surface area (Å²) in [7, 11) is 0. The van der Waals surface area contributed by atoms with Crippen LogP contribution in [0.4, 0.5) is 0 Å². The van der Waals surface area contributed by atoms with E-state index in [0.29, 0.717) is 12.6 Å². The van der Waals surface area contributed by atoms with E-state index in [1.807, 2.05) is 0 Å². The largest absolute Gasteiger partial charge is 0.357 e. The van der Waals surface area contributed by atoms with Crippen LogP contribution in [0, 0.1) is 0 Å². The van der Waals surface area contributed by atoms with E-state index in [-0.39, 0.29) is 24.0 Å². The summed E-state index contributed by atoms with van der Waals surface area (Å²) in [5, 5.41) is 15.3. The Morgan fingerprint density at radius 1 is 1.29 bits per heavy atom. The molecule has 0 unspecified atom stereocenters. The highest BCUT2D eigenvalue weighted by molar-refractivity contribution is 14.0. The Kier molecular flexibility index (Phi) is 6.25. The van der Waals surface area contributed by atoms with E-state index in [1.54, 1.807) is 0 Å². The lowest BCUT2D eigenvalue weighted by atomic mass is 10.2. The Morgan fingerprint density at radius 2 is 2.10 bits per heavy atom. The average molecular weight is 404 g/mol. The van der Waals surface area contributed by atoms with Crippen LogP contribution in [0.3, 0.4) is 0 Å². The van der Waals surface area contributed by atoms with E-state index < -0.39 is 0 Å². The summed E-state index contributed by atoms with van der Waals surface area (Å²) in [4.78, 5) is 4.67. The molecule has 0 radical (unpaired) electrons. The third kappa shape index (κ3) is 4.08. The molecule has 2 heterocycles. The molecule has 1 fully saturated rings. The smallest absolute Gasteiger partial charge is 0.191 e. The standard InChI is InChI=1S/C14H24N6.HI/c1-2-15-14(17-11-6-3-4-7-11)16-10-13-19-18-12-8-5-9-20(12)13;/h11H,2-10H2,1H3,(H2,15,16,17);1H. The second kappa shape index (κ2) is 7.95. The molecule has 1 aliphatic carbocycles. The number of hydrogen-bond donors (Lipinski definition) is 2. The fourth-order valence-electron chi connectivity index (χ4n) is 3.06. The fourth-order valence-corrected chi connectivity index (χ4v) is 3.06. The van der Waals surface area contributed by atoms with Crippen LogP contribution >= 0.6 is 24.0 Å². The highest BCUT2D eigenvalue weighted by atomic mass is 127. The Hall–Kier alpha value is -0.860. The Balaban J connectivity index is 0.00000161. The van der Waals surface area contributed by atoms with Crippen molar-refractivity contribution in [2.75, 3.05) is 6.54 Å². The maximum absolute atomic E-state index is 4.67. The van der Waals surface area contributed by atoms with Gasteiger partial charge in [-0.3, -0.25) is 0 Å². The molecule has 2 N–H and O–H groups in total. The molecule has 0 spiro atoms. The normalized spacial score (nSPS) is 18.4. The molecular weight excluding hydrogens is 379 g/mol. The monoisotopic (exact) mass is 404 g/mol. The van der Waals surface area contributed by atoms with Gasteiger partial charge in [0.25, 0.3) is 0 Å². The fraction of sp³-hybridized carbons (Fsp3) is 0.786. The van der Waals surface area contributed by atoms with Crippen LogP contribution in [0.5, 0.6) is 0 Å². The van der Waals surface area contributed by atoms with Gasteiger partial charge in [0.05, 0.1) is 0 Å². The third-order valence-electron chi connectivity index (χ3n) is 4.10. The second-order valence-electron chi connectivity index (χ2n) is 5.61. The van der Waals surface area contributed by atoms with E-state index >= 15 is 0 Å². The predicted molar refractivity (Wildman–Crippen MR) is 94.0 cm³/mol. The van der Waals surface area contributed by atoms with E-state index in [4.69, 9.17) is 0 Å². The van der Waals surface area contributed by atoms with Crippen molar-refractivity contribution in [3.63, 3.8) is 0 Å². The molecule has 21 heavy (non-hydrogen) atoms. The highest BCUT2D eigenvalue weighted by Crippen LogP contribution is 2.17. The molecule has 6 nitrogen and oxygen atoms in total. The Morgan fingerprint density at radius 3 is 2.86 bits per heavy atom. The predicted octanol–water partition coefficient (Wildman–Crippen LogP) is 1.84. The summed E-state index contributed by atoms with van der Waals surface area (Å²) in [5.41, 5.74) is 0. The van der Waals surface area contributed by atoms with Gasteiger partial charge in [-0.15, -0.1) is 34.2 Å². The van der Waals surface area contributed by atoms with Gasteiger partial charge >= 0.3 is 0 Å². The van der Waals surface area contributed by atoms with Crippen LogP contribution in [-0.2, 0) is 19.5 Å². The van der Waals surface area contributed by atoms with Crippen LogP contribution in [0.25, 0.3) is 0 Å². The zero-order valence-corrected chi connectivity index (χ0v) is 15.0. The molecular formula is C14H25IN6. The van der Waals surface area contributed by atoms with Crippen molar-refractivity contribution in [1.82, 2.24) is 25.4 Å². The molecule has 0 saturated heterocycles. The first-order chi connectivity index (χ1) is 9.86. The summed E-state index contributed by atoms with van der Waals surface area (Å²) >= 11 is 0. The molecule has 1 saturated carbocycles. The van der Waals surface area contributed by atoms with Crippen LogP contribution in [-0.4, -0.2) is 33.3 Å². The lowest BCUT2D eigenvalue weighted by Crippen LogP contribution is -2.42. The SMILES string of the molecule is CCNC(=NCc1nnc2n1CCC2)NC1CCCC1.I. The minimum Gasteiger partial charge on any atom is -0.357 e. The molecule has 0 aromatic carbocycles. The van der Waals surface area contributed by atoms with Gasteiger partial charge < -0.3 is 15.2 Å². The van der Waals surface area contributed by atoms with Crippen LogP contribution in [0.2, 0.25) is 0 Å². The molecule has 0 amide bonds. The maximum Gasteiger partial charge on any atom is 0.191 e. The van der Waals surface area contributed by atoms with Gasteiger partial charge in [-0.05, 0) is 26.2 Å². The molecule has 0 atom stereocenters. The highest BCUT2D eigenvalue weighted by Gasteiger charge is 2.18. The van der Waals surface area contributed by atoms with Crippen molar-refractivity contribution in [1.29, 1.82) is 0 Å². The molecule has 2 aliphatic rings. The lowest BCUT2D eigenvalue weighted by Gasteiger charge is -2.16. The molecule has 1 aromatic rings. The molecule has 118 valence electrons. The Bertz CT molecular complexity index is 478. The second-order valence-corrected chi connectivity index (χ2v) is 5.61. The number of hydrogen-bond acceptors (Lipinski definition) is 3. The number of nitrogens with one attached hydrogen (secondary N) is 2. The van der Waals surface area contributed by atoms with Crippen LogP contribution in [0.1, 0.15) is 50.7 Å². The van der Waals surface area contributed by atoms with Crippen molar-refractivity contribution in [2.45, 2.75) is 64.6 Å². The Labute approximate surface area is 143 Å². The topological polar surface area (TPSA) is 67.1 Å². The average Bonchev–Trinajstić information content (AvgIpc) is 3.14. The van der Waals surface area contributed by atoms with Crippen molar-refractivity contribution in [3.05, 3.63) is 11.6 Å². The first kappa shape index (κ1) is 16.5. The van der Waals surface area contributed by atoms with Crippen molar-refractivity contribution < 1.29 is 0 Å². The van der Waals surface area contributed by atoms with E-state index in [9.17, 15) is 0 Å². The minimum absolute atomic E-state index is 0. The van der Waals surface area contributed by atoms with E-state index in [2.05, 4.69) is 37.3 Å². The van der Waals surface area contributed by atoms with Crippen molar-refractivity contribution in [2.24, 2.45) is 4.99 Å². The zero-order chi connectivity index (χ0) is 13.8. The van der Waals surface area contributed by atoms with Crippen molar-refractivity contribution in [3.8, 4) is 0 Å². The lowest BCUT2D eigenvalue weighted by molar-refractivity contribution is 0.611. The van der Waals surface area contributed by atoms with Gasteiger partial charge in [-0.1, -0.05) is 12.8 Å². The van der Waals surface area contributed by atoms with Gasteiger partial charge in [0, 0.05) is 25.6 Å². The summed E-state index contributed by atoms with van der Waals surface area (Å²) in [6, 6.07) is 0.580. The van der Waals surface area contributed by atoms with Gasteiger partial charge in [-0.2, -0.15) is 0 Å². The first-order valence-electron chi connectivity index (χ1n) is 7.82. The number of guanidine groups is 1. The number of fused-ring (bicyclic) bond motifs is 1. The van der Waals surface area contributed by atoms with Gasteiger partial charge in [0.15, 0.2) is 11.8 Å². The molecule has 1 aliphatic heterocycles. The summed E-state index contributed by atoms with van der Waals surface area (Å²) in [5.74, 6) is 3.01. The number of aryl methyl sites for hydroxylation is 1. The summed E-state index contributed by atoms with van der Waals surface area (Å²) in [6.45, 7) is 4.63. The number of aliphatic imine (C=N–C) groups is 1. The summed E-state index contributed by atoms with van der Waals surface area (Å²) < 4.78 is 2.21. The number of nitrogens with zero attached hydrogens (tertiary/aromatic N) is 4. The quantitative estimate of drug-likeness (QED) is 0.457. The third-order valence-corrected chi connectivity index (χ3v) is 4.10. The first-order valence-corrected chi connectivity index (χ1v) is 7.82. The maximum atomic E-state index is 4.67. The van der Waals surface area contributed by atoms with E-state index in [1.165, 1.54) is 32.1 Å². The summed E-state index contributed by atoms with van der Waals surface area (Å²) in [6.07, 6.45) is 7.40. The van der Waals surface area contributed by atoms with Gasteiger partial charge in [-0.25, -0.2) is 4.99 Å². The van der Waals surface area contributed by atoms with Crippen LogP contribution < -0.4 is 10.6 Å². The van der Waals surface area contributed by atoms with Crippen LogP contribution in [0.15, 0.2) is 4.99 Å². The van der Waals surface area contributed by atoms with Gasteiger partial charge in [0.1, 0.15) is 12.4 Å². The number of halogens is 1. The van der Waals surface area contributed by atoms with E-state index in [0.717, 1.165) is 37.1 Å².